The Hall–Kier alpha value is -5.39. The van der Waals surface area contributed by atoms with Crippen LogP contribution in [-0.4, -0.2) is 118 Å². The van der Waals surface area contributed by atoms with Crippen molar-refractivity contribution in [1.82, 2.24) is 26.2 Å². The van der Waals surface area contributed by atoms with Crippen molar-refractivity contribution < 1.29 is 48.9 Å². The number of carboxylic acid groups (broad SMARTS) is 1. The van der Waals surface area contributed by atoms with Crippen LogP contribution in [0.5, 0.6) is 0 Å². The standard InChI is InChI=1S/C34H45N7O10/c35-22(16-20-8-3-1-4-9-20)29(45)37-23(13-14-28(36)44)30(46)38-24(17-21-10-5-2-6-11-21)33(49)41-15-7-12-27(41)32(48)39-25(18-42)31(47)40-26(19-43)34(50)51/h1-6,8-11,22-27,42-43H,7,12-19,35H2,(H2,36,44)(H,37,45)(H,38,46)(H,39,48)(H,40,47)(H,50,51)/t22-,23-,24-,25-,26-,27-/m0/s1. The van der Waals surface area contributed by atoms with E-state index in [9.17, 15) is 43.8 Å². The highest BCUT2D eigenvalue weighted by Gasteiger charge is 2.40. The van der Waals surface area contributed by atoms with Crippen molar-refractivity contribution in [2.45, 2.75) is 74.8 Å². The number of nitrogens with one attached hydrogen (secondary N) is 4. The molecule has 3 rings (SSSR count). The molecule has 1 fully saturated rings. The summed E-state index contributed by atoms with van der Waals surface area (Å²) < 4.78 is 0. The molecule has 0 saturated carbocycles. The van der Waals surface area contributed by atoms with E-state index < -0.39 is 90.9 Å². The summed E-state index contributed by atoms with van der Waals surface area (Å²) in [5.74, 6) is -6.23. The molecular weight excluding hydrogens is 666 g/mol. The van der Waals surface area contributed by atoms with Gasteiger partial charge in [-0.1, -0.05) is 60.7 Å². The Morgan fingerprint density at radius 1 is 0.725 bits per heavy atom. The number of nitrogens with zero attached hydrogens (tertiary/aromatic N) is 1. The fourth-order valence-electron chi connectivity index (χ4n) is 5.54. The largest absolute Gasteiger partial charge is 0.480 e. The number of amides is 6. The number of aliphatic carboxylic acids is 1. The Morgan fingerprint density at radius 3 is 1.80 bits per heavy atom. The molecule has 6 amide bonds. The first-order valence-corrected chi connectivity index (χ1v) is 16.4. The van der Waals surface area contributed by atoms with Crippen LogP contribution in [0.2, 0.25) is 0 Å². The molecule has 0 aliphatic carbocycles. The second kappa shape index (κ2) is 19.7. The highest BCUT2D eigenvalue weighted by atomic mass is 16.4. The van der Waals surface area contributed by atoms with E-state index in [1.54, 1.807) is 54.6 Å². The van der Waals surface area contributed by atoms with Gasteiger partial charge in [-0.2, -0.15) is 0 Å². The normalized spacial score (nSPS) is 16.8. The van der Waals surface area contributed by atoms with Crippen LogP contribution in [0.1, 0.15) is 36.8 Å². The van der Waals surface area contributed by atoms with Crippen LogP contribution in [0, 0.1) is 0 Å². The van der Waals surface area contributed by atoms with Crippen LogP contribution >= 0.6 is 0 Å². The fourth-order valence-corrected chi connectivity index (χ4v) is 5.54. The molecule has 17 nitrogen and oxygen atoms in total. The summed E-state index contributed by atoms with van der Waals surface area (Å²) in [6.07, 6.45) is 0.269. The van der Waals surface area contributed by atoms with Gasteiger partial charge in [-0.3, -0.25) is 28.8 Å². The van der Waals surface area contributed by atoms with Crippen molar-refractivity contribution in [1.29, 1.82) is 0 Å². The van der Waals surface area contributed by atoms with Gasteiger partial charge in [-0.15, -0.1) is 0 Å². The number of benzene rings is 2. The molecule has 6 atom stereocenters. The summed E-state index contributed by atoms with van der Waals surface area (Å²) >= 11 is 0. The van der Waals surface area contributed by atoms with Gasteiger partial charge < -0.3 is 53.0 Å². The number of likely N-dealkylation sites (tertiary alicyclic amines) is 1. The molecule has 2 aromatic rings. The summed E-state index contributed by atoms with van der Waals surface area (Å²) in [6.45, 7) is -1.73. The van der Waals surface area contributed by atoms with Crippen molar-refractivity contribution in [3.05, 3.63) is 71.8 Å². The monoisotopic (exact) mass is 711 g/mol. The zero-order valence-electron chi connectivity index (χ0n) is 27.9. The Morgan fingerprint density at radius 2 is 1.25 bits per heavy atom. The molecule has 2 aromatic carbocycles. The SMILES string of the molecule is NC(=O)CC[C@H](NC(=O)[C@@H](N)Cc1ccccc1)C(=O)N[C@@H](Cc1ccccc1)C(=O)N1CCC[C@H]1C(=O)N[C@@H](CO)C(=O)N[C@@H](CO)C(=O)O. The Bertz CT molecular complexity index is 1530. The molecule has 0 bridgehead atoms. The van der Waals surface area contributed by atoms with E-state index in [4.69, 9.17) is 16.6 Å². The summed E-state index contributed by atoms with van der Waals surface area (Å²) in [7, 11) is 0. The molecule has 0 radical (unpaired) electrons. The van der Waals surface area contributed by atoms with Gasteiger partial charge in [0.2, 0.25) is 35.4 Å². The first-order valence-electron chi connectivity index (χ1n) is 16.4. The number of primary amides is 1. The maximum absolute atomic E-state index is 14.1. The first-order chi connectivity index (χ1) is 24.3. The van der Waals surface area contributed by atoms with Gasteiger partial charge in [0.15, 0.2) is 0 Å². The van der Waals surface area contributed by atoms with E-state index in [1.807, 2.05) is 11.4 Å². The number of rotatable bonds is 19. The quantitative estimate of drug-likeness (QED) is 0.0711. The van der Waals surface area contributed by atoms with Gasteiger partial charge in [0.25, 0.3) is 0 Å². The van der Waals surface area contributed by atoms with E-state index in [2.05, 4.69) is 16.0 Å². The lowest BCUT2D eigenvalue weighted by molar-refractivity contribution is -0.144. The second-order valence-electron chi connectivity index (χ2n) is 12.1. The zero-order chi connectivity index (χ0) is 37.5. The zero-order valence-corrected chi connectivity index (χ0v) is 27.9. The average Bonchev–Trinajstić information content (AvgIpc) is 3.61. The van der Waals surface area contributed by atoms with Gasteiger partial charge in [0.05, 0.1) is 19.3 Å². The summed E-state index contributed by atoms with van der Waals surface area (Å²) in [5, 5.41) is 37.7. The third kappa shape index (κ3) is 12.2. The Labute approximate surface area is 294 Å². The summed E-state index contributed by atoms with van der Waals surface area (Å²) in [4.78, 5) is 90.9. The van der Waals surface area contributed by atoms with Gasteiger partial charge in [-0.25, -0.2) is 4.79 Å². The molecule has 1 saturated heterocycles. The predicted molar refractivity (Wildman–Crippen MR) is 181 cm³/mol. The van der Waals surface area contributed by atoms with Gasteiger partial charge >= 0.3 is 5.97 Å². The van der Waals surface area contributed by atoms with Crippen LogP contribution < -0.4 is 32.7 Å². The predicted octanol–water partition coefficient (Wildman–Crippen LogP) is -2.94. The molecule has 1 heterocycles. The minimum Gasteiger partial charge on any atom is -0.480 e. The van der Waals surface area contributed by atoms with Crippen molar-refractivity contribution in [2.24, 2.45) is 11.5 Å². The van der Waals surface area contributed by atoms with Gasteiger partial charge in [0, 0.05) is 19.4 Å². The maximum Gasteiger partial charge on any atom is 0.328 e. The highest BCUT2D eigenvalue weighted by Crippen LogP contribution is 2.20. The number of carboxylic acids is 1. The number of carbonyl (C=O) groups excluding carboxylic acids is 6. The summed E-state index contributed by atoms with van der Waals surface area (Å²) in [5.41, 5.74) is 12.9. The number of hydrogen-bond acceptors (Lipinski definition) is 10. The lowest BCUT2D eigenvalue weighted by Crippen LogP contribution is -2.60. The molecular formula is C34H45N7O10. The lowest BCUT2D eigenvalue weighted by atomic mass is 10.0. The van der Waals surface area contributed by atoms with Crippen LogP contribution in [0.4, 0.5) is 0 Å². The average molecular weight is 712 g/mol. The van der Waals surface area contributed by atoms with Crippen molar-refractivity contribution >= 4 is 41.4 Å². The van der Waals surface area contributed by atoms with Crippen LogP contribution in [-0.2, 0) is 46.4 Å². The van der Waals surface area contributed by atoms with Crippen LogP contribution in [0.3, 0.4) is 0 Å². The summed E-state index contributed by atoms with van der Waals surface area (Å²) in [6, 6.07) is 9.71. The molecule has 0 aromatic heterocycles. The number of nitrogens with two attached hydrogens (primary N) is 2. The second-order valence-corrected chi connectivity index (χ2v) is 12.1. The minimum absolute atomic E-state index is 0.0142. The molecule has 17 heteroatoms. The minimum atomic E-state index is -1.67. The van der Waals surface area contributed by atoms with E-state index >= 15 is 0 Å². The third-order valence-electron chi connectivity index (χ3n) is 8.30. The van der Waals surface area contributed by atoms with E-state index in [0.717, 1.165) is 5.56 Å². The smallest absolute Gasteiger partial charge is 0.328 e. The highest BCUT2D eigenvalue weighted by molar-refractivity contribution is 5.97. The van der Waals surface area contributed by atoms with E-state index in [-0.39, 0.29) is 38.6 Å². The van der Waals surface area contributed by atoms with Gasteiger partial charge in [0.1, 0.15) is 30.2 Å². The molecule has 0 unspecified atom stereocenters. The van der Waals surface area contributed by atoms with Gasteiger partial charge in [-0.05, 0) is 36.8 Å². The maximum atomic E-state index is 14.1. The van der Waals surface area contributed by atoms with Crippen molar-refractivity contribution in [2.75, 3.05) is 19.8 Å². The van der Waals surface area contributed by atoms with E-state index in [1.165, 1.54) is 4.90 Å². The van der Waals surface area contributed by atoms with Crippen molar-refractivity contribution in [3.63, 3.8) is 0 Å². The number of carbonyl (C=O) groups is 7. The van der Waals surface area contributed by atoms with E-state index in [0.29, 0.717) is 12.0 Å². The Balaban J connectivity index is 1.80. The lowest BCUT2D eigenvalue weighted by Gasteiger charge is -2.31. The third-order valence-corrected chi connectivity index (χ3v) is 8.30. The molecule has 276 valence electrons. The molecule has 1 aliphatic rings. The van der Waals surface area contributed by atoms with Crippen molar-refractivity contribution in [3.8, 4) is 0 Å². The number of hydrogen-bond donors (Lipinski definition) is 9. The number of aliphatic hydroxyl groups is 2. The number of aliphatic hydroxyl groups excluding tert-OH is 2. The fraction of sp³-hybridized carbons (Fsp3) is 0.441. The first kappa shape index (κ1) is 40.0. The topological polar surface area (TPSA) is 284 Å². The molecule has 51 heavy (non-hydrogen) atoms. The molecule has 1 aliphatic heterocycles. The Kier molecular flexibility index (Phi) is 15.5. The molecule has 0 spiro atoms. The van der Waals surface area contributed by atoms with Crippen LogP contribution in [0.25, 0.3) is 0 Å². The molecule has 11 N–H and O–H groups in total. The van der Waals surface area contributed by atoms with Crippen LogP contribution in [0.15, 0.2) is 60.7 Å².